The highest BCUT2D eigenvalue weighted by atomic mass is 16.5. The first-order chi connectivity index (χ1) is 9.16. The number of nitrogens with one attached hydrogen (secondary N) is 1. The molecule has 19 heavy (non-hydrogen) atoms. The molecule has 1 saturated heterocycles. The number of aliphatic hydroxyl groups is 1. The van der Waals surface area contributed by atoms with Gasteiger partial charge in [-0.25, -0.2) is 4.98 Å². The van der Waals surface area contributed by atoms with E-state index < -0.39 is 6.10 Å². The van der Waals surface area contributed by atoms with E-state index in [1.54, 1.807) is 6.20 Å². The number of rotatable bonds is 5. The van der Waals surface area contributed by atoms with Crippen molar-refractivity contribution in [2.24, 2.45) is 0 Å². The van der Waals surface area contributed by atoms with Crippen LogP contribution in [-0.2, 0) is 16.1 Å². The number of aryl methyl sites for hydroxylation is 2. The van der Waals surface area contributed by atoms with Gasteiger partial charge in [-0.15, -0.1) is 0 Å². The molecular weight excluding hydrogens is 246 g/mol. The van der Waals surface area contributed by atoms with E-state index in [0.29, 0.717) is 26.1 Å². The van der Waals surface area contributed by atoms with Crippen LogP contribution in [0.3, 0.4) is 0 Å². The molecular formula is C13H21N3O3. The van der Waals surface area contributed by atoms with E-state index in [4.69, 9.17) is 4.74 Å². The number of aromatic nitrogens is 2. The lowest BCUT2D eigenvalue weighted by atomic mass is 10.1. The van der Waals surface area contributed by atoms with Crippen LogP contribution in [0.25, 0.3) is 0 Å². The highest BCUT2D eigenvalue weighted by Gasteiger charge is 2.24. The van der Waals surface area contributed by atoms with Crippen LogP contribution in [0.1, 0.15) is 25.1 Å². The van der Waals surface area contributed by atoms with Gasteiger partial charge in [0, 0.05) is 32.0 Å². The van der Waals surface area contributed by atoms with Crippen molar-refractivity contribution < 1.29 is 14.6 Å². The molecule has 1 fully saturated rings. The lowest BCUT2D eigenvalue weighted by Crippen LogP contribution is -2.49. The van der Waals surface area contributed by atoms with Gasteiger partial charge >= 0.3 is 0 Å². The summed E-state index contributed by atoms with van der Waals surface area (Å²) in [4.78, 5) is 15.9. The van der Waals surface area contributed by atoms with Crippen molar-refractivity contribution in [3.05, 3.63) is 18.2 Å². The van der Waals surface area contributed by atoms with Crippen LogP contribution < -0.4 is 5.32 Å². The second kappa shape index (κ2) is 6.68. The Balaban J connectivity index is 1.68. The van der Waals surface area contributed by atoms with Crippen LogP contribution in [0, 0.1) is 6.92 Å². The highest BCUT2D eigenvalue weighted by molar-refractivity contribution is 5.76. The topological polar surface area (TPSA) is 76.4 Å². The fraction of sp³-hybridized carbons (Fsp3) is 0.692. The van der Waals surface area contributed by atoms with E-state index in [-0.39, 0.29) is 11.9 Å². The minimum atomic E-state index is -0.492. The van der Waals surface area contributed by atoms with Crippen molar-refractivity contribution >= 4 is 5.91 Å². The van der Waals surface area contributed by atoms with Gasteiger partial charge in [-0.2, -0.15) is 0 Å². The quantitative estimate of drug-likeness (QED) is 0.801. The van der Waals surface area contributed by atoms with Crippen molar-refractivity contribution in [1.82, 2.24) is 14.9 Å². The van der Waals surface area contributed by atoms with Gasteiger partial charge in [-0.1, -0.05) is 0 Å². The van der Waals surface area contributed by atoms with Gasteiger partial charge in [0.25, 0.3) is 0 Å². The normalized spacial score (nSPS) is 23.3. The van der Waals surface area contributed by atoms with Gasteiger partial charge in [0.2, 0.25) is 5.91 Å². The van der Waals surface area contributed by atoms with Crippen LogP contribution in [0.2, 0.25) is 0 Å². The monoisotopic (exact) mass is 267 g/mol. The van der Waals surface area contributed by atoms with Gasteiger partial charge in [0.05, 0.1) is 18.8 Å². The third-order valence-corrected chi connectivity index (χ3v) is 3.39. The molecule has 0 bridgehead atoms. The first kappa shape index (κ1) is 14.0. The molecule has 2 heterocycles. The zero-order valence-electron chi connectivity index (χ0n) is 11.2. The number of carbonyl (C=O) groups is 1. The van der Waals surface area contributed by atoms with Gasteiger partial charge in [0.1, 0.15) is 5.82 Å². The van der Waals surface area contributed by atoms with Crippen molar-refractivity contribution in [2.45, 2.75) is 44.9 Å². The Labute approximate surface area is 112 Å². The number of ether oxygens (including phenoxy) is 1. The molecule has 2 rings (SSSR count). The number of imidazole rings is 1. The van der Waals surface area contributed by atoms with Crippen molar-refractivity contribution in [2.75, 3.05) is 13.2 Å². The van der Waals surface area contributed by atoms with E-state index >= 15 is 0 Å². The summed E-state index contributed by atoms with van der Waals surface area (Å²) in [5, 5.41) is 12.5. The first-order valence-corrected chi connectivity index (χ1v) is 6.69. The SMILES string of the molecule is Cc1nccn1CCCC(=O)N[C@@H]1COCC[C@H]1O. The number of hydrogen-bond donors (Lipinski definition) is 2. The second-order valence-electron chi connectivity index (χ2n) is 4.88. The standard InChI is InChI=1S/C13H21N3O3/c1-10-14-5-7-16(10)6-2-3-13(18)15-11-9-19-8-4-12(11)17/h5,7,11-12,17H,2-4,6,8-9H2,1H3,(H,15,18)/t11-,12-/m1/s1. The summed E-state index contributed by atoms with van der Waals surface area (Å²) >= 11 is 0. The summed E-state index contributed by atoms with van der Waals surface area (Å²) in [6.45, 7) is 3.68. The lowest BCUT2D eigenvalue weighted by Gasteiger charge is -2.28. The molecule has 2 N–H and O–H groups in total. The van der Waals surface area contributed by atoms with Crippen LogP contribution in [0.5, 0.6) is 0 Å². The maximum Gasteiger partial charge on any atom is 0.220 e. The molecule has 6 heteroatoms. The third-order valence-electron chi connectivity index (χ3n) is 3.39. The maximum absolute atomic E-state index is 11.8. The minimum absolute atomic E-state index is 0.0349. The van der Waals surface area contributed by atoms with Crippen LogP contribution in [0.4, 0.5) is 0 Å². The molecule has 1 aliphatic heterocycles. The molecule has 6 nitrogen and oxygen atoms in total. The summed E-state index contributed by atoms with van der Waals surface area (Å²) in [7, 11) is 0. The number of hydrogen-bond acceptors (Lipinski definition) is 4. The molecule has 0 aliphatic carbocycles. The molecule has 106 valence electrons. The summed E-state index contributed by atoms with van der Waals surface area (Å²) in [5.74, 6) is 0.920. The molecule has 1 aromatic rings. The van der Waals surface area contributed by atoms with Gasteiger partial charge in [0.15, 0.2) is 0 Å². The van der Waals surface area contributed by atoms with E-state index in [9.17, 15) is 9.90 Å². The smallest absolute Gasteiger partial charge is 0.220 e. The molecule has 0 saturated carbocycles. The van der Waals surface area contributed by atoms with Gasteiger partial charge in [-0.3, -0.25) is 4.79 Å². The summed E-state index contributed by atoms with van der Waals surface area (Å²) < 4.78 is 7.27. The minimum Gasteiger partial charge on any atom is -0.391 e. The Morgan fingerprint density at radius 1 is 1.68 bits per heavy atom. The summed E-state index contributed by atoms with van der Waals surface area (Å²) in [6, 6.07) is -0.267. The summed E-state index contributed by atoms with van der Waals surface area (Å²) in [5.41, 5.74) is 0. The maximum atomic E-state index is 11.8. The van der Waals surface area contributed by atoms with Crippen molar-refractivity contribution in [3.63, 3.8) is 0 Å². The van der Waals surface area contributed by atoms with Crippen LogP contribution in [-0.4, -0.2) is 45.9 Å². The second-order valence-corrected chi connectivity index (χ2v) is 4.88. The molecule has 2 atom stereocenters. The van der Waals surface area contributed by atoms with Crippen molar-refractivity contribution in [3.8, 4) is 0 Å². The summed E-state index contributed by atoms with van der Waals surface area (Å²) in [6.07, 6.45) is 4.96. The fourth-order valence-electron chi connectivity index (χ4n) is 2.19. The van der Waals surface area contributed by atoms with E-state index in [2.05, 4.69) is 10.3 Å². The molecule has 1 aliphatic rings. The number of nitrogens with zero attached hydrogens (tertiary/aromatic N) is 2. The largest absolute Gasteiger partial charge is 0.391 e. The average Bonchev–Trinajstić information content (AvgIpc) is 2.78. The molecule has 1 amide bonds. The van der Waals surface area contributed by atoms with Crippen LogP contribution >= 0.6 is 0 Å². The zero-order chi connectivity index (χ0) is 13.7. The Bertz CT molecular complexity index is 419. The van der Waals surface area contributed by atoms with E-state index in [1.807, 2.05) is 17.7 Å². The van der Waals surface area contributed by atoms with Gasteiger partial charge < -0.3 is 19.7 Å². The number of carbonyl (C=O) groups excluding carboxylic acids is 1. The van der Waals surface area contributed by atoms with Crippen molar-refractivity contribution in [1.29, 1.82) is 0 Å². The first-order valence-electron chi connectivity index (χ1n) is 6.69. The fourth-order valence-corrected chi connectivity index (χ4v) is 2.19. The number of aliphatic hydroxyl groups excluding tert-OH is 1. The van der Waals surface area contributed by atoms with Gasteiger partial charge in [-0.05, 0) is 19.8 Å². The molecule has 0 spiro atoms. The Kier molecular flexibility index (Phi) is 4.93. The lowest BCUT2D eigenvalue weighted by molar-refractivity contribution is -0.124. The molecule has 0 aromatic carbocycles. The third kappa shape index (κ3) is 4.04. The predicted molar refractivity (Wildman–Crippen MR) is 69.6 cm³/mol. The average molecular weight is 267 g/mol. The molecule has 0 unspecified atom stereocenters. The Hall–Kier alpha value is -1.40. The predicted octanol–water partition coefficient (Wildman–Crippen LogP) is 0.238. The molecule has 1 aromatic heterocycles. The Morgan fingerprint density at radius 2 is 2.53 bits per heavy atom. The van der Waals surface area contributed by atoms with E-state index in [1.165, 1.54) is 0 Å². The van der Waals surface area contributed by atoms with Crippen LogP contribution in [0.15, 0.2) is 12.4 Å². The van der Waals surface area contributed by atoms with E-state index in [0.717, 1.165) is 18.8 Å². The zero-order valence-corrected chi connectivity index (χ0v) is 11.2. The highest BCUT2D eigenvalue weighted by Crippen LogP contribution is 2.08. The molecule has 0 radical (unpaired) electrons. The number of amides is 1. The Morgan fingerprint density at radius 3 is 3.21 bits per heavy atom.